The molecule has 0 amide bonds. The van der Waals surface area contributed by atoms with E-state index in [0.717, 1.165) is 0 Å². The van der Waals surface area contributed by atoms with Crippen molar-refractivity contribution in [2.45, 2.75) is 26.2 Å². The molecular formula is C13H13F4N3S. The van der Waals surface area contributed by atoms with Gasteiger partial charge in [-0.15, -0.1) is 21.5 Å². The van der Waals surface area contributed by atoms with Crippen molar-refractivity contribution in [3.63, 3.8) is 0 Å². The van der Waals surface area contributed by atoms with E-state index in [-0.39, 0.29) is 13.1 Å². The summed E-state index contributed by atoms with van der Waals surface area (Å²) in [6, 6.07) is 5.42. The zero-order chi connectivity index (χ0) is 15.5. The van der Waals surface area contributed by atoms with E-state index in [9.17, 15) is 17.6 Å². The Morgan fingerprint density at radius 3 is 2.29 bits per heavy atom. The molecule has 0 saturated carbocycles. The molecule has 0 aliphatic carbocycles. The average Bonchev–Trinajstić information content (AvgIpc) is 2.75. The number of benzene rings is 1. The second-order valence-corrected chi connectivity index (χ2v) is 5.87. The SMILES string of the molecule is Cc1nnc(CN(Cc2ccc(F)cc2)CC(F)(F)F)s1. The van der Waals surface area contributed by atoms with Gasteiger partial charge in [-0.25, -0.2) is 4.39 Å². The van der Waals surface area contributed by atoms with Crippen LogP contribution in [0.2, 0.25) is 0 Å². The second-order valence-electron chi connectivity index (χ2n) is 4.60. The zero-order valence-electron chi connectivity index (χ0n) is 11.2. The normalized spacial score (nSPS) is 12.1. The quantitative estimate of drug-likeness (QED) is 0.789. The maximum Gasteiger partial charge on any atom is 0.401 e. The van der Waals surface area contributed by atoms with Crippen molar-refractivity contribution in [3.05, 3.63) is 45.7 Å². The van der Waals surface area contributed by atoms with Crippen molar-refractivity contribution >= 4 is 11.3 Å². The fraction of sp³-hybridized carbons (Fsp3) is 0.385. The summed E-state index contributed by atoms with van der Waals surface area (Å²) in [5.41, 5.74) is 0.613. The largest absolute Gasteiger partial charge is 0.401 e. The standard InChI is InChI=1S/C13H13F4N3S/c1-9-18-19-12(21-9)7-20(8-13(15,16)17)6-10-2-4-11(14)5-3-10/h2-5H,6-8H2,1H3. The van der Waals surface area contributed by atoms with E-state index in [1.807, 2.05) is 0 Å². The van der Waals surface area contributed by atoms with Gasteiger partial charge in [-0.05, 0) is 24.6 Å². The molecule has 0 bridgehead atoms. The Kier molecular flexibility index (Phi) is 4.89. The van der Waals surface area contributed by atoms with Crippen molar-refractivity contribution in [1.29, 1.82) is 0 Å². The van der Waals surface area contributed by atoms with Crippen LogP contribution in [-0.4, -0.2) is 27.8 Å². The van der Waals surface area contributed by atoms with Gasteiger partial charge in [0.1, 0.15) is 15.8 Å². The number of rotatable bonds is 5. The fourth-order valence-electron chi connectivity index (χ4n) is 1.86. The van der Waals surface area contributed by atoms with E-state index < -0.39 is 18.5 Å². The molecule has 0 aliphatic rings. The van der Waals surface area contributed by atoms with Crippen molar-refractivity contribution < 1.29 is 17.6 Å². The van der Waals surface area contributed by atoms with Gasteiger partial charge >= 0.3 is 6.18 Å². The van der Waals surface area contributed by atoms with Crippen LogP contribution in [0.5, 0.6) is 0 Å². The number of halogens is 4. The van der Waals surface area contributed by atoms with Crippen LogP contribution in [0.4, 0.5) is 17.6 Å². The summed E-state index contributed by atoms with van der Waals surface area (Å²) in [4.78, 5) is 1.22. The van der Waals surface area contributed by atoms with Crippen molar-refractivity contribution in [2.75, 3.05) is 6.54 Å². The van der Waals surface area contributed by atoms with Gasteiger partial charge in [0.15, 0.2) is 0 Å². The van der Waals surface area contributed by atoms with Gasteiger partial charge in [0.2, 0.25) is 0 Å². The average molecular weight is 319 g/mol. The lowest BCUT2D eigenvalue weighted by atomic mass is 10.2. The Morgan fingerprint density at radius 2 is 1.76 bits per heavy atom. The molecule has 0 aliphatic heterocycles. The van der Waals surface area contributed by atoms with E-state index >= 15 is 0 Å². The molecule has 0 unspecified atom stereocenters. The first-order valence-corrected chi connectivity index (χ1v) is 6.96. The summed E-state index contributed by atoms with van der Waals surface area (Å²) in [5, 5.41) is 8.87. The molecule has 0 radical (unpaired) electrons. The number of hydrogen-bond donors (Lipinski definition) is 0. The first-order valence-electron chi connectivity index (χ1n) is 6.14. The van der Waals surface area contributed by atoms with Crippen LogP contribution in [0.15, 0.2) is 24.3 Å². The van der Waals surface area contributed by atoms with Gasteiger partial charge in [-0.3, -0.25) is 4.90 Å². The highest BCUT2D eigenvalue weighted by molar-refractivity contribution is 7.11. The minimum absolute atomic E-state index is 0.0579. The van der Waals surface area contributed by atoms with Gasteiger partial charge in [-0.1, -0.05) is 12.1 Å². The highest BCUT2D eigenvalue weighted by Gasteiger charge is 2.31. The Morgan fingerprint density at radius 1 is 1.10 bits per heavy atom. The molecule has 0 saturated heterocycles. The predicted octanol–water partition coefficient (Wildman–Crippen LogP) is 3.55. The lowest BCUT2D eigenvalue weighted by Crippen LogP contribution is -2.33. The molecule has 2 aromatic rings. The van der Waals surface area contributed by atoms with Gasteiger partial charge in [0.25, 0.3) is 0 Å². The molecule has 1 aromatic heterocycles. The van der Waals surface area contributed by atoms with Crippen LogP contribution in [0.25, 0.3) is 0 Å². The Bertz CT molecular complexity index is 580. The number of aromatic nitrogens is 2. The fourth-order valence-corrected chi connectivity index (χ4v) is 2.61. The van der Waals surface area contributed by atoms with Crippen molar-refractivity contribution in [3.8, 4) is 0 Å². The van der Waals surface area contributed by atoms with E-state index in [4.69, 9.17) is 0 Å². The molecule has 1 aromatic carbocycles. The third-order valence-electron chi connectivity index (χ3n) is 2.65. The monoisotopic (exact) mass is 319 g/mol. The predicted molar refractivity (Wildman–Crippen MR) is 71.2 cm³/mol. The Hall–Kier alpha value is -1.54. The molecule has 0 N–H and O–H groups in total. The highest BCUT2D eigenvalue weighted by atomic mass is 32.1. The molecular weight excluding hydrogens is 306 g/mol. The second kappa shape index (κ2) is 6.48. The summed E-state index contributed by atoms with van der Waals surface area (Å²) in [6.45, 7) is 0.819. The molecule has 0 spiro atoms. The summed E-state index contributed by atoms with van der Waals surface area (Å²) < 4.78 is 50.8. The molecule has 0 atom stereocenters. The van der Waals surface area contributed by atoms with Gasteiger partial charge in [0.05, 0.1) is 13.1 Å². The molecule has 2 rings (SSSR count). The first kappa shape index (κ1) is 15.8. The minimum atomic E-state index is -4.31. The van der Waals surface area contributed by atoms with Crippen LogP contribution >= 0.6 is 11.3 Å². The van der Waals surface area contributed by atoms with Crippen LogP contribution in [0.3, 0.4) is 0 Å². The molecule has 0 fully saturated rings. The molecule has 3 nitrogen and oxygen atoms in total. The van der Waals surface area contributed by atoms with E-state index in [1.54, 1.807) is 6.92 Å². The maximum atomic E-state index is 12.8. The van der Waals surface area contributed by atoms with Crippen molar-refractivity contribution in [2.24, 2.45) is 0 Å². The van der Waals surface area contributed by atoms with E-state index in [1.165, 1.54) is 40.5 Å². The Labute approximate surface area is 123 Å². The molecule has 1 heterocycles. The lowest BCUT2D eigenvalue weighted by Gasteiger charge is -2.22. The lowest BCUT2D eigenvalue weighted by molar-refractivity contribution is -0.148. The number of aryl methyl sites for hydroxylation is 1. The number of hydrogen-bond acceptors (Lipinski definition) is 4. The minimum Gasteiger partial charge on any atom is -0.284 e. The summed E-state index contributed by atoms with van der Waals surface area (Å²) in [5.74, 6) is -0.416. The van der Waals surface area contributed by atoms with Gasteiger partial charge < -0.3 is 0 Å². The first-order chi connectivity index (χ1) is 9.82. The van der Waals surface area contributed by atoms with Gasteiger partial charge in [0, 0.05) is 6.54 Å². The number of nitrogens with zero attached hydrogens (tertiary/aromatic N) is 3. The Balaban J connectivity index is 2.09. The van der Waals surface area contributed by atoms with Crippen LogP contribution < -0.4 is 0 Å². The zero-order valence-corrected chi connectivity index (χ0v) is 12.0. The van der Waals surface area contributed by atoms with E-state index in [0.29, 0.717) is 15.6 Å². The van der Waals surface area contributed by atoms with Crippen LogP contribution in [0.1, 0.15) is 15.6 Å². The summed E-state index contributed by atoms with van der Waals surface area (Å²) in [7, 11) is 0. The van der Waals surface area contributed by atoms with Crippen LogP contribution in [0, 0.1) is 12.7 Å². The molecule has 21 heavy (non-hydrogen) atoms. The maximum absolute atomic E-state index is 12.8. The number of alkyl halides is 3. The third kappa shape index (κ3) is 5.39. The van der Waals surface area contributed by atoms with Crippen molar-refractivity contribution in [1.82, 2.24) is 15.1 Å². The molecule has 114 valence electrons. The highest BCUT2D eigenvalue weighted by Crippen LogP contribution is 2.21. The summed E-state index contributed by atoms with van der Waals surface area (Å²) >= 11 is 1.26. The molecule has 8 heteroatoms. The topological polar surface area (TPSA) is 29.0 Å². The van der Waals surface area contributed by atoms with Gasteiger partial charge in [-0.2, -0.15) is 13.2 Å². The van der Waals surface area contributed by atoms with E-state index in [2.05, 4.69) is 10.2 Å². The summed E-state index contributed by atoms with van der Waals surface area (Å²) in [6.07, 6.45) is -4.31. The third-order valence-corrected chi connectivity index (χ3v) is 3.47. The van der Waals surface area contributed by atoms with Crippen LogP contribution in [-0.2, 0) is 13.1 Å². The smallest absolute Gasteiger partial charge is 0.284 e.